The van der Waals surface area contributed by atoms with Gasteiger partial charge in [-0.3, -0.25) is 4.79 Å². The van der Waals surface area contributed by atoms with Crippen LogP contribution in [0.25, 0.3) is 0 Å². The van der Waals surface area contributed by atoms with Crippen molar-refractivity contribution in [1.82, 2.24) is 15.3 Å². The number of fused-ring (bicyclic) bond motifs is 2. The molecule has 0 aliphatic heterocycles. The molecule has 28 heavy (non-hydrogen) atoms. The number of ether oxygens (including phenoxy) is 1. The Kier molecular flexibility index (Phi) is 4.45. The Bertz CT molecular complexity index is 768. The van der Waals surface area contributed by atoms with E-state index in [2.05, 4.69) is 20.6 Å². The Morgan fingerprint density at radius 2 is 2.07 bits per heavy atom. The molecule has 5 atom stereocenters. The predicted octanol–water partition coefficient (Wildman–Crippen LogP) is 2.51. The van der Waals surface area contributed by atoms with Crippen molar-refractivity contribution in [1.29, 1.82) is 0 Å². The number of carbonyl (C=O) groups is 1. The van der Waals surface area contributed by atoms with Crippen LogP contribution in [0, 0.1) is 17.8 Å². The summed E-state index contributed by atoms with van der Waals surface area (Å²) in [7, 11) is 0. The topological polar surface area (TPSA) is 96.4 Å². The fourth-order valence-corrected chi connectivity index (χ4v) is 5.67. The van der Waals surface area contributed by atoms with Gasteiger partial charge in [0, 0.05) is 18.3 Å². The van der Waals surface area contributed by atoms with Crippen LogP contribution >= 0.6 is 0 Å². The minimum absolute atomic E-state index is 0.111. The Morgan fingerprint density at radius 1 is 1.25 bits per heavy atom. The van der Waals surface area contributed by atoms with Crippen molar-refractivity contribution in [3.05, 3.63) is 11.8 Å². The van der Waals surface area contributed by atoms with Gasteiger partial charge in [-0.15, -0.1) is 0 Å². The third-order valence-corrected chi connectivity index (χ3v) is 7.17. The van der Waals surface area contributed by atoms with E-state index < -0.39 is 5.60 Å². The lowest BCUT2D eigenvalue weighted by Crippen LogP contribution is -2.56. The molecule has 7 nitrogen and oxygen atoms in total. The van der Waals surface area contributed by atoms with Gasteiger partial charge in [-0.25, -0.2) is 4.98 Å². The van der Waals surface area contributed by atoms with Gasteiger partial charge in [0.1, 0.15) is 5.56 Å². The van der Waals surface area contributed by atoms with Crippen molar-refractivity contribution in [3.8, 4) is 5.88 Å². The van der Waals surface area contributed by atoms with Crippen LogP contribution in [-0.2, 0) is 0 Å². The van der Waals surface area contributed by atoms with E-state index in [1.165, 1.54) is 0 Å². The van der Waals surface area contributed by atoms with Crippen LogP contribution in [0.3, 0.4) is 0 Å². The van der Waals surface area contributed by atoms with Crippen LogP contribution in [0.5, 0.6) is 5.88 Å². The highest BCUT2D eigenvalue weighted by atomic mass is 16.5. The molecule has 4 fully saturated rings. The molecule has 4 aliphatic rings. The predicted molar refractivity (Wildman–Crippen MR) is 104 cm³/mol. The molecule has 0 spiro atoms. The third kappa shape index (κ3) is 3.45. The van der Waals surface area contributed by atoms with Crippen molar-refractivity contribution in [2.45, 2.75) is 76.0 Å². The van der Waals surface area contributed by atoms with Gasteiger partial charge in [0.05, 0.1) is 12.2 Å². The fourth-order valence-electron chi connectivity index (χ4n) is 5.67. The lowest BCUT2D eigenvalue weighted by Gasteiger charge is -2.55. The van der Waals surface area contributed by atoms with E-state index in [9.17, 15) is 9.90 Å². The number of hydrogen-bond donors (Lipinski definition) is 3. The second-order valence-electron chi connectivity index (χ2n) is 9.27. The van der Waals surface area contributed by atoms with E-state index in [1.54, 1.807) is 6.20 Å². The zero-order chi connectivity index (χ0) is 19.3. The highest BCUT2D eigenvalue weighted by molar-refractivity contribution is 5.96. The third-order valence-electron chi connectivity index (χ3n) is 7.17. The molecular weight excluding hydrogens is 356 g/mol. The number of aromatic nitrogens is 2. The monoisotopic (exact) mass is 386 g/mol. The number of nitrogens with one attached hydrogen (secondary N) is 2. The standard InChI is InChI=1S/C21H30N4O3/c1-2-28-19-16(11-22-20(25-19)23-15-3-4-15)18(26)24-17-8-12-5-6-21(27)9-13(12)7-14(17)10-21/h11-15,17,27H,2-10H2,1H3,(H,24,26)(H,22,23,25)/t12?,13?,14?,17-,21-/m1/s1. The maximum Gasteiger partial charge on any atom is 0.258 e. The number of anilines is 1. The summed E-state index contributed by atoms with van der Waals surface area (Å²) in [5.41, 5.74) is -0.117. The van der Waals surface area contributed by atoms with Crippen LogP contribution in [-0.4, -0.2) is 45.3 Å². The molecule has 3 N–H and O–H groups in total. The van der Waals surface area contributed by atoms with Crippen LogP contribution in [0.1, 0.15) is 68.6 Å². The second-order valence-corrected chi connectivity index (χ2v) is 9.27. The van der Waals surface area contributed by atoms with Gasteiger partial charge in [-0.05, 0) is 76.0 Å². The molecule has 4 saturated carbocycles. The van der Waals surface area contributed by atoms with E-state index in [4.69, 9.17) is 4.74 Å². The van der Waals surface area contributed by atoms with Gasteiger partial charge in [0.15, 0.2) is 0 Å². The van der Waals surface area contributed by atoms with E-state index in [0.717, 1.165) is 51.4 Å². The Labute approximate surface area is 165 Å². The Balaban J connectivity index is 1.32. The molecule has 1 aromatic heterocycles. The zero-order valence-corrected chi connectivity index (χ0v) is 16.5. The Morgan fingerprint density at radius 3 is 2.86 bits per heavy atom. The van der Waals surface area contributed by atoms with Crippen LogP contribution < -0.4 is 15.4 Å². The highest BCUT2D eigenvalue weighted by Crippen LogP contribution is 2.54. The Hall–Kier alpha value is -1.89. The van der Waals surface area contributed by atoms with Crippen LogP contribution in [0.2, 0.25) is 0 Å². The number of nitrogens with zero attached hydrogens (tertiary/aromatic N) is 2. The van der Waals surface area contributed by atoms with Crippen LogP contribution in [0.15, 0.2) is 6.20 Å². The average molecular weight is 386 g/mol. The van der Waals surface area contributed by atoms with E-state index in [0.29, 0.717) is 47.8 Å². The molecule has 1 amide bonds. The summed E-state index contributed by atoms with van der Waals surface area (Å²) in [6, 6.07) is 0.552. The van der Waals surface area contributed by atoms with Crippen molar-refractivity contribution in [3.63, 3.8) is 0 Å². The second kappa shape index (κ2) is 6.87. The number of rotatable bonds is 6. The SMILES string of the molecule is CCOc1nc(NC2CC2)ncc1C(=O)N[C@@H]1CC2CC[C@@]3(O)CC2CC1C3. The van der Waals surface area contributed by atoms with Crippen molar-refractivity contribution in [2.24, 2.45) is 17.8 Å². The lowest BCUT2D eigenvalue weighted by atomic mass is 9.54. The summed E-state index contributed by atoms with van der Waals surface area (Å²) in [5, 5.41) is 17.3. The molecular formula is C21H30N4O3. The molecule has 1 heterocycles. The van der Waals surface area contributed by atoms with Crippen LogP contribution in [0.4, 0.5) is 5.95 Å². The quantitative estimate of drug-likeness (QED) is 0.695. The molecule has 7 heteroatoms. The first kappa shape index (κ1) is 18.2. The van der Waals surface area contributed by atoms with Gasteiger partial charge in [0.25, 0.3) is 5.91 Å². The smallest absolute Gasteiger partial charge is 0.258 e. The largest absolute Gasteiger partial charge is 0.477 e. The summed E-state index contributed by atoms with van der Waals surface area (Å²) in [6.07, 6.45) is 9.73. The van der Waals surface area contributed by atoms with E-state index in [-0.39, 0.29) is 11.9 Å². The molecule has 3 bridgehead atoms. The normalized spacial score (nSPS) is 36.1. The van der Waals surface area contributed by atoms with E-state index in [1.807, 2.05) is 6.92 Å². The molecule has 0 radical (unpaired) electrons. The average Bonchev–Trinajstić information content (AvgIpc) is 3.46. The van der Waals surface area contributed by atoms with Gasteiger partial charge < -0.3 is 20.5 Å². The van der Waals surface area contributed by atoms with E-state index >= 15 is 0 Å². The van der Waals surface area contributed by atoms with Gasteiger partial charge in [0.2, 0.25) is 11.8 Å². The maximum absolute atomic E-state index is 13.0. The first-order valence-electron chi connectivity index (χ1n) is 10.8. The number of carbonyl (C=O) groups excluding carboxylic acids is 1. The van der Waals surface area contributed by atoms with Gasteiger partial charge in [-0.2, -0.15) is 4.98 Å². The molecule has 152 valence electrons. The number of amides is 1. The number of aliphatic hydroxyl groups is 1. The highest BCUT2D eigenvalue weighted by Gasteiger charge is 2.51. The molecule has 0 aromatic carbocycles. The van der Waals surface area contributed by atoms with Crippen molar-refractivity contribution >= 4 is 11.9 Å². The summed E-state index contributed by atoms with van der Waals surface area (Å²) < 4.78 is 5.64. The summed E-state index contributed by atoms with van der Waals surface area (Å²) >= 11 is 0. The summed E-state index contributed by atoms with van der Waals surface area (Å²) in [6.45, 7) is 2.33. The lowest BCUT2D eigenvalue weighted by molar-refractivity contribution is -0.115. The first-order valence-corrected chi connectivity index (χ1v) is 10.8. The minimum atomic E-state index is -0.511. The van der Waals surface area contributed by atoms with Gasteiger partial charge in [-0.1, -0.05) is 0 Å². The van der Waals surface area contributed by atoms with Crippen molar-refractivity contribution < 1.29 is 14.6 Å². The molecule has 0 saturated heterocycles. The molecule has 3 unspecified atom stereocenters. The minimum Gasteiger partial charge on any atom is -0.477 e. The molecule has 4 aliphatic carbocycles. The number of hydrogen-bond acceptors (Lipinski definition) is 6. The molecule has 1 aromatic rings. The van der Waals surface area contributed by atoms with Crippen molar-refractivity contribution in [2.75, 3.05) is 11.9 Å². The summed E-state index contributed by atoms with van der Waals surface area (Å²) in [5.74, 6) is 2.30. The summed E-state index contributed by atoms with van der Waals surface area (Å²) in [4.78, 5) is 21.8. The molecule has 5 rings (SSSR count). The van der Waals surface area contributed by atoms with Gasteiger partial charge >= 0.3 is 0 Å². The zero-order valence-electron chi connectivity index (χ0n) is 16.5. The fraction of sp³-hybridized carbons (Fsp3) is 0.762. The maximum atomic E-state index is 13.0. The first-order chi connectivity index (χ1) is 13.5.